The van der Waals surface area contributed by atoms with E-state index in [2.05, 4.69) is 15.6 Å². The molecule has 0 atom stereocenters. The third-order valence-electron chi connectivity index (χ3n) is 4.28. The molecule has 6 nitrogen and oxygen atoms in total. The summed E-state index contributed by atoms with van der Waals surface area (Å²) < 4.78 is 5.28. The summed E-state index contributed by atoms with van der Waals surface area (Å²) in [5.74, 6) is 0.0362. The second-order valence-corrected chi connectivity index (χ2v) is 6.19. The monoisotopic (exact) mass is 375 g/mol. The average Bonchev–Trinajstić information content (AvgIpc) is 2.74. The Morgan fingerprint density at radius 1 is 1.00 bits per heavy atom. The van der Waals surface area contributed by atoms with E-state index in [1.165, 1.54) is 12.3 Å². The van der Waals surface area contributed by atoms with Crippen molar-refractivity contribution in [1.29, 1.82) is 0 Å². The molecule has 2 amide bonds. The van der Waals surface area contributed by atoms with Gasteiger partial charge in [0, 0.05) is 29.6 Å². The second-order valence-electron chi connectivity index (χ2n) is 6.19. The number of benzene rings is 2. The highest BCUT2D eigenvalue weighted by Crippen LogP contribution is 2.17. The number of aromatic nitrogens is 1. The fraction of sp³-hybridized carbons (Fsp3) is 0.136. The molecular weight excluding hydrogens is 354 g/mol. The van der Waals surface area contributed by atoms with Crippen molar-refractivity contribution < 1.29 is 14.3 Å². The Kier molecular flexibility index (Phi) is 6.01. The number of pyridine rings is 1. The number of ether oxygens (including phenoxy) is 1. The van der Waals surface area contributed by atoms with Crippen molar-refractivity contribution >= 4 is 17.5 Å². The molecule has 0 saturated carbocycles. The van der Waals surface area contributed by atoms with Gasteiger partial charge in [-0.05, 0) is 36.8 Å². The highest BCUT2D eigenvalue weighted by atomic mass is 16.5. The van der Waals surface area contributed by atoms with Gasteiger partial charge in [-0.15, -0.1) is 0 Å². The van der Waals surface area contributed by atoms with Crippen LogP contribution in [0.1, 0.15) is 32.0 Å². The molecular formula is C22H21N3O3. The van der Waals surface area contributed by atoms with Crippen molar-refractivity contribution in [3.05, 3.63) is 89.2 Å². The van der Waals surface area contributed by atoms with Crippen LogP contribution in [0.2, 0.25) is 0 Å². The molecule has 28 heavy (non-hydrogen) atoms. The fourth-order valence-electron chi connectivity index (χ4n) is 2.72. The van der Waals surface area contributed by atoms with E-state index in [-0.39, 0.29) is 17.5 Å². The maximum atomic E-state index is 12.5. The van der Waals surface area contributed by atoms with Gasteiger partial charge in [0.2, 0.25) is 0 Å². The van der Waals surface area contributed by atoms with Crippen LogP contribution < -0.4 is 15.4 Å². The molecule has 3 aromatic rings. The summed E-state index contributed by atoms with van der Waals surface area (Å²) in [6, 6.07) is 18.0. The number of anilines is 1. The van der Waals surface area contributed by atoms with Crippen LogP contribution in [-0.2, 0) is 6.54 Å². The minimum atomic E-state index is -0.364. The number of carbonyl (C=O) groups excluding carboxylic acids is 2. The van der Waals surface area contributed by atoms with Gasteiger partial charge in [-0.25, -0.2) is 0 Å². The zero-order valence-electron chi connectivity index (χ0n) is 15.7. The number of rotatable bonds is 6. The normalized spacial score (nSPS) is 10.2. The summed E-state index contributed by atoms with van der Waals surface area (Å²) in [5, 5.41) is 5.65. The van der Waals surface area contributed by atoms with E-state index in [1.54, 1.807) is 13.2 Å². The molecule has 3 rings (SSSR count). The average molecular weight is 375 g/mol. The first-order chi connectivity index (χ1) is 13.6. The van der Waals surface area contributed by atoms with Gasteiger partial charge in [0.1, 0.15) is 11.4 Å². The Balaban J connectivity index is 1.69. The number of methoxy groups -OCH3 is 1. The van der Waals surface area contributed by atoms with Crippen molar-refractivity contribution in [3.63, 3.8) is 0 Å². The second kappa shape index (κ2) is 8.81. The minimum absolute atomic E-state index is 0.173. The number of nitrogens with one attached hydrogen (secondary N) is 2. The van der Waals surface area contributed by atoms with Crippen molar-refractivity contribution in [2.45, 2.75) is 13.5 Å². The zero-order chi connectivity index (χ0) is 19.9. The van der Waals surface area contributed by atoms with Crippen LogP contribution in [0.3, 0.4) is 0 Å². The maximum Gasteiger partial charge on any atom is 0.270 e. The third-order valence-corrected chi connectivity index (χ3v) is 4.28. The number of hydrogen-bond donors (Lipinski definition) is 2. The van der Waals surface area contributed by atoms with E-state index in [1.807, 2.05) is 55.5 Å². The molecule has 0 spiro atoms. The smallest absolute Gasteiger partial charge is 0.270 e. The van der Waals surface area contributed by atoms with Crippen LogP contribution >= 0.6 is 0 Å². The van der Waals surface area contributed by atoms with Crippen LogP contribution in [0, 0.1) is 6.92 Å². The molecule has 1 aromatic heterocycles. The number of amides is 2. The molecule has 0 aliphatic rings. The third kappa shape index (κ3) is 4.54. The van der Waals surface area contributed by atoms with Gasteiger partial charge in [-0.1, -0.05) is 36.4 Å². The van der Waals surface area contributed by atoms with Gasteiger partial charge in [-0.2, -0.15) is 0 Å². The molecule has 0 bridgehead atoms. The lowest BCUT2D eigenvalue weighted by Crippen LogP contribution is -2.24. The number of nitrogens with zero attached hydrogens (tertiary/aromatic N) is 1. The molecule has 2 N–H and O–H groups in total. The van der Waals surface area contributed by atoms with Gasteiger partial charge in [0.25, 0.3) is 11.8 Å². The summed E-state index contributed by atoms with van der Waals surface area (Å²) in [4.78, 5) is 29.1. The zero-order valence-corrected chi connectivity index (χ0v) is 15.7. The van der Waals surface area contributed by atoms with E-state index in [4.69, 9.17) is 4.74 Å². The van der Waals surface area contributed by atoms with Gasteiger partial charge in [0.15, 0.2) is 0 Å². The molecule has 6 heteroatoms. The Labute approximate surface area is 163 Å². The molecule has 0 aliphatic heterocycles. The lowest BCUT2D eigenvalue weighted by molar-refractivity contribution is 0.0945. The van der Waals surface area contributed by atoms with E-state index >= 15 is 0 Å². The van der Waals surface area contributed by atoms with Crippen LogP contribution in [0.4, 0.5) is 5.69 Å². The highest BCUT2D eigenvalue weighted by molar-refractivity contribution is 6.06. The van der Waals surface area contributed by atoms with Crippen molar-refractivity contribution in [2.75, 3.05) is 12.4 Å². The Hall–Kier alpha value is -3.67. The standard InChI is InChI=1S/C22H21N3O3/c1-15-7-3-5-9-18(15)25-21(26)16-11-12-23-19(13-16)22(27)24-14-17-8-4-6-10-20(17)28-2/h3-13H,14H2,1-2H3,(H,24,27)(H,25,26). The van der Waals surface area contributed by atoms with E-state index < -0.39 is 0 Å². The first kappa shape index (κ1) is 19.1. The summed E-state index contributed by atoms with van der Waals surface area (Å²) in [6.07, 6.45) is 1.45. The number of carbonyl (C=O) groups is 2. The van der Waals surface area contributed by atoms with E-state index in [9.17, 15) is 9.59 Å². The SMILES string of the molecule is COc1ccccc1CNC(=O)c1cc(C(=O)Nc2ccccc2C)ccn1. The number of para-hydroxylation sites is 2. The summed E-state index contributed by atoms with van der Waals surface area (Å²) in [5.41, 5.74) is 3.07. The number of aryl methyl sites for hydroxylation is 1. The van der Waals surface area contributed by atoms with E-state index in [0.29, 0.717) is 17.9 Å². The quantitative estimate of drug-likeness (QED) is 0.690. The Morgan fingerprint density at radius 2 is 1.75 bits per heavy atom. The highest BCUT2D eigenvalue weighted by Gasteiger charge is 2.13. The lowest BCUT2D eigenvalue weighted by atomic mass is 10.1. The van der Waals surface area contributed by atoms with Crippen LogP contribution in [0.15, 0.2) is 66.9 Å². The predicted molar refractivity (Wildman–Crippen MR) is 108 cm³/mol. The van der Waals surface area contributed by atoms with Gasteiger partial charge < -0.3 is 15.4 Å². The van der Waals surface area contributed by atoms with Crippen LogP contribution in [0.25, 0.3) is 0 Å². The van der Waals surface area contributed by atoms with Gasteiger partial charge in [-0.3, -0.25) is 14.6 Å². The molecule has 0 fully saturated rings. The van der Waals surface area contributed by atoms with Gasteiger partial charge >= 0.3 is 0 Å². The molecule has 142 valence electrons. The minimum Gasteiger partial charge on any atom is -0.496 e. The first-order valence-electron chi connectivity index (χ1n) is 8.81. The molecule has 1 heterocycles. The van der Waals surface area contributed by atoms with Crippen molar-refractivity contribution in [1.82, 2.24) is 10.3 Å². The fourth-order valence-corrected chi connectivity index (χ4v) is 2.72. The van der Waals surface area contributed by atoms with E-state index in [0.717, 1.165) is 16.8 Å². The largest absolute Gasteiger partial charge is 0.496 e. The van der Waals surface area contributed by atoms with Crippen molar-refractivity contribution in [2.24, 2.45) is 0 Å². The van der Waals surface area contributed by atoms with Crippen LogP contribution in [0.5, 0.6) is 5.75 Å². The van der Waals surface area contributed by atoms with Crippen molar-refractivity contribution in [3.8, 4) is 5.75 Å². The molecule has 0 radical (unpaired) electrons. The maximum absolute atomic E-state index is 12.5. The van der Waals surface area contributed by atoms with Crippen LogP contribution in [-0.4, -0.2) is 23.9 Å². The first-order valence-corrected chi connectivity index (χ1v) is 8.81. The Morgan fingerprint density at radius 3 is 2.54 bits per heavy atom. The number of hydrogen-bond acceptors (Lipinski definition) is 4. The lowest BCUT2D eigenvalue weighted by Gasteiger charge is -2.10. The topological polar surface area (TPSA) is 80.3 Å². The van der Waals surface area contributed by atoms with Gasteiger partial charge in [0.05, 0.1) is 7.11 Å². The Bertz CT molecular complexity index is 1000. The summed E-state index contributed by atoms with van der Waals surface area (Å²) in [6.45, 7) is 2.21. The summed E-state index contributed by atoms with van der Waals surface area (Å²) in [7, 11) is 1.58. The molecule has 2 aromatic carbocycles. The molecule has 0 aliphatic carbocycles. The summed E-state index contributed by atoms with van der Waals surface area (Å²) >= 11 is 0. The molecule has 0 unspecified atom stereocenters. The predicted octanol–water partition coefficient (Wildman–Crippen LogP) is 3.58. The molecule has 0 saturated heterocycles.